The van der Waals surface area contributed by atoms with Crippen molar-refractivity contribution < 1.29 is 4.74 Å². The van der Waals surface area contributed by atoms with Gasteiger partial charge in [0.15, 0.2) is 0 Å². The average molecular weight is 369 g/mol. The van der Waals surface area contributed by atoms with Crippen molar-refractivity contribution in [2.24, 2.45) is 0 Å². The van der Waals surface area contributed by atoms with Crippen LogP contribution in [-0.4, -0.2) is 6.54 Å². The summed E-state index contributed by atoms with van der Waals surface area (Å²) in [5.41, 5.74) is 1.24. The van der Waals surface area contributed by atoms with Gasteiger partial charge in [0.05, 0.1) is 4.47 Å². The second-order valence-electron chi connectivity index (χ2n) is 4.77. The molecular weight excluding hydrogens is 350 g/mol. The molecule has 4 heteroatoms. The van der Waals surface area contributed by atoms with Crippen molar-refractivity contribution in [2.75, 3.05) is 6.54 Å². The Balaban J connectivity index is 2.21. The Bertz CT molecular complexity index is 603. The standard InChI is InChI=1S/C17H19BrClNO/c1-3-16(20-4-2)12-6-5-7-14(10-12)21-17-9-8-13(19)11-15(17)18/h5-11,16,20H,3-4H2,1-2H3. The van der Waals surface area contributed by atoms with Crippen LogP contribution in [0.4, 0.5) is 0 Å². The Kier molecular flexibility index (Phi) is 6.09. The maximum absolute atomic E-state index is 5.95. The van der Waals surface area contributed by atoms with Crippen LogP contribution in [0, 0.1) is 0 Å². The summed E-state index contributed by atoms with van der Waals surface area (Å²) in [4.78, 5) is 0. The van der Waals surface area contributed by atoms with Crippen LogP contribution in [0.1, 0.15) is 31.9 Å². The minimum atomic E-state index is 0.354. The molecule has 1 atom stereocenters. The summed E-state index contributed by atoms with van der Waals surface area (Å²) in [6, 6.07) is 14.1. The molecule has 0 radical (unpaired) electrons. The van der Waals surface area contributed by atoms with E-state index in [4.69, 9.17) is 16.3 Å². The van der Waals surface area contributed by atoms with Crippen molar-refractivity contribution in [3.05, 3.63) is 57.5 Å². The zero-order valence-electron chi connectivity index (χ0n) is 12.2. The monoisotopic (exact) mass is 367 g/mol. The quantitative estimate of drug-likeness (QED) is 0.679. The second kappa shape index (κ2) is 7.83. The smallest absolute Gasteiger partial charge is 0.141 e. The molecule has 0 spiro atoms. The molecule has 0 saturated heterocycles. The van der Waals surface area contributed by atoms with Crippen LogP contribution in [0.15, 0.2) is 46.9 Å². The Hall–Kier alpha value is -1.03. The molecule has 1 N–H and O–H groups in total. The van der Waals surface area contributed by atoms with E-state index < -0.39 is 0 Å². The summed E-state index contributed by atoms with van der Waals surface area (Å²) in [6.07, 6.45) is 1.04. The van der Waals surface area contributed by atoms with Crippen LogP contribution in [-0.2, 0) is 0 Å². The zero-order valence-corrected chi connectivity index (χ0v) is 14.5. The van der Waals surface area contributed by atoms with Gasteiger partial charge in [-0.25, -0.2) is 0 Å². The van der Waals surface area contributed by atoms with Gasteiger partial charge in [0, 0.05) is 11.1 Å². The van der Waals surface area contributed by atoms with Crippen molar-refractivity contribution in [1.29, 1.82) is 0 Å². The molecule has 0 aliphatic rings. The Morgan fingerprint density at radius 1 is 1.19 bits per heavy atom. The van der Waals surface area contributed by atoms with E-state index >= 15 is 0 Å². The van der Waals surface area contributed by atoms with Gasteiger partial charge in [-0.05, 0) is 64.8 Å². The summed E-state index contributed by atoms with van der Waals surface area (Å²) in [5, 5.41) is 4.16. The number of nitrogens with one attached hydrogen (secondary N) is 1. The summed E-state index contributed by atoms with van der Waals surface area (Å²) in [6.45, 7) is 5.25. The van der Waals surface area contributed by atoms with E-state index in [-0.39, 0.29) is 0 Å². The first-order valence-electron chi connectivity index (χ1n) is 7.10. The summed E-state index contributed by atoms with van der Waals surface area (Å²) in [7, 11) is 0. The number of halogens is 2. The highest BCUT2D eigenvalue weighted by atomic mass is 79.9. The fourth-order valence-corrected chi connectivity index (χ4v) is 2.99. The highest BCUT2D eigenvalue weighted by molar-refractivity contribution is 9.10. The van der Waals surface area contributed by atoms with E-state index in [1.54, 1.807) is 0 Å². The molecule has 0 aliphatic carbocycles. The maximum Gasteiger partial charge on any atom is 0.141 e. The van der Waals surface area contributed by atoms with Gasteiger partial charge in [-0.1, -0.05) is 37.6 Å². The highest BCUT2D eigenvalue weighted by Gasteiger charge is 2.09. The van der Waals surface area contributed by atoms with Crippen LogP contribution < -0.4 is 10.1 Å². The predicted octanol–water partition coefficient (Wildman–Crippen LogP) is 5.96. The predicted molar refractivity (Wildman–Crippen MR) is 92.4 cm³/mol. The number of hydrogen-bond donors (Lipinski definition) is 1. The molecule has 0 aromatic heterocycles. The largest absolute Gasteiger partial charge is 0.456 e. The lowest BCUT2D eigenvalue weighted by Crippen LogP contribution is -2.19. The molecule has 21 heavy (non-hydrogen) atoms. The first-order valence-corrected chi connectivity index (χ1v) is 8.27. The van der Waals surface area contributed by atoms with Crippen LogP contribution in [0.2, 0.25) is 5.02 Å². The fraction of sp³-hybridized carbons (Fsp3) is 0.294. The van der Waals surface area contributed by atoms with Crippen LogP contribution >= 0.6 is 27.5 Å². The van der Waals surface area contributed by atoms with E-state index in [2.05, 4.69) is 47.2 Å². The van der Waals surface area contributed by atoms with Crippen molar-refractivity contribution in [1.82, 2.24) is 5.32 Å². The Morgan fingerprint density at radius 3 is 2.67 bits per heavy atom. The van der Waals surface area contributed by atoms with E-state index in [0.717, 1.165) is 28.9 Å². The minimum absolute atomic E-state index is 0.354. The SMILES string of the molecule is CCNC(CC)c1cccc(Oc2ccc(Cl)cc2Br)c1. The van der Waals surface area contributed by atoms with E-state index in [1.165, 1.54) is 5.56 Å². The molecule has 0 bridgehead atoms. The van der Waals surface area contributed by atoms with Gasteiger partial charge >= 0.3 is 0 Å². The lowest BCUT2D eigenvalue weighted by Gasteiger charge is -2.17. The molecule has 2 nitrogen and oxygen atoms in total. The normalized spacial score (nSPS) is 12.2. The maximum atomic E-state index is 5.95. The molecular formula is C17H19BrClNO. The van der Waals surface area contributed by atoms with Gasteiger partial charge < -0.3 is 10.1 Å². The third-order valence-electron chi connectivity index (χ3n) is 3.24. The van der Waals surface area contributed by atoms with E-state index in [1.807, 2.05) is 30.3 Å². The van der Waals surface area contributed by atoms with Gasteiger partial charge in [-0.2, -0.15) is 0 Å². The Labute approximate surface area is 139 Å². The van der Waals surface area contributed by atoms with E-state index in [9.17, 15) is 0 Å². The number of rotatable bonds is 6. The summed E-state index contributed by atoms with van der Waals surface area (Å²) in [5.74, 6) is 1.58. The molecule has 0 amide bonds. The molecule has 0 fully saturated rings. The average Bonchev–Trinajstić information content (AvgIpc) is 2.48. The van der Waals surface area contributed by atoms with E-state index in [0.29, 0.717) is 11.1 Å². The molecule has 1 unspecified atom stereocenters. The molecule has 2 rings (SSSR count). The van der Waals surface area contributed by atoms with Crippen molar-refractivity contribution in [2.45, 2.75) is 26.3 Å². The molecule has 2 aromatic carbocycles. The number of hydrogen-bond acceptors (Lipinski definition) is 2. The van der Waals surface area contributed by atoms with Crippen LogP contribution in [0.3, 0.4) is 0 Å². The van der Waals surface area contributed by atoms with Crippen molar-refractivity contribution in [3.8, 4) is 11.5 Å². The first kappa shape index (κ1) is 16.3. The van der Waals surface area contributed by atoms with Gasteiger partial charge in [0.1, 0.15) is 11.5 Å². The third-order valence-corrected chi connectivity index (χ3v) is 4.10. The topological polar surface area (TPSA) is 21.3 Å². The lowest BCUT2D eigenvalue weighted by atomic mass is 10.0. The molecule has 2 aromatic rings. The van der Waals surface area contributed by atoms with Crippen molar-refractivity contribution >= 4 is 27.5 Å². The zero-order chi connectivity index (χ0) is 15.2. The highest BCUT2D eigenvalue weighted by Crippen LogP contribution is 2.32. The first-order chi connectivity index (χ1) is 10.1. The van der Waals surface area contributed by atoms with Gasteiger partial charge in [-0.3, -0.25) is 0 Å². The number of benzene rings is 2. The molecule has 0 heterocycles. The van der Waals surface area contributed by atoms with Gasteiger partial charge in [-0.15, -0.1) is 0 Å². The van der Waals surface area contributed by atoms with Crippen LogP contribution in [0.5, 0.6) is 11.5 Å². The molecule has 0 aliphatic heterocycles. The molecule has 112 valence electrons. The fourth-order valence-electron chi connectivity index (χ4n) is 2.22. The lowest BCUT2D eigenvalue weighted by molar-refractivity contribution is 0.475. The second-order valence-corrected chi connectivity index (χ2v) is 6.06. The third kappa shape index (κ3) is 4.47. The van der Waals surface area contributed by atoms with Gasteiger partial charge in [0.25, 0.3) is 0 Å². The minimum Gasteiger partial charge on any atom is -0.456 e. The van der Waals surface area contributed by atoms with Crippen LogP contribution in [0.25, 0.3) is 0 Å². The molecule has 0 saturated carbocycles. The van der Waals surface area contributed by atoms with Gasteiger partial charge in [0.2, 0.25) is 0 Å². The summed E-state index contributed by atoms with van der Waals surface area (Å²) < 4.78 is 6.79. The van der Waals surface area contributed by atoms with Crippen molar-refractivity contribution in [3.63, 3.8) is 0 Å². The Morgan fingerprint density at radius 2 is 2.00 bits per heavy atom. The summed E-state index contributed by atoms with van der Waals surface area (Å²) >= 11 is 9.42. The number of ether oxygens (including phenoxy) is 1.